The molecule has 0 radical (unpaired) electrons. The van der Waals surface area contributed by atoms with Crippen molar-refractivity contribution in [2.75, 3.05) is 18.4 Å². The van der Waals surface area contributed by atoms with Gasteiger partial charge in [0, 0.05) is 36.3 Å². The Kier molecular flexibility index (Phi) is 5.33. The number of nitrogens with one attached hydrogen (secondary N) is 1. The highest BCUT2D eigenvalue weighted by molar-refractivity contribution is 6.04. The van der Waals surface area contributed by atoms with Crippen LogP contribution >= 0.6 is 0 Å². The maximum atomic E-state index is 12.6. The van der Waals surface area contributed by atoms with Gasteiger partial charge in [0.1, 0.15) is 5.76 Å². The number of likely N-dealkylation sites (tertiary alicyclic amines) is 1. The molecule has 1 aromatic heterocycles. The molecule has 0 atom stereocenters. The van der Waals surface area contributed by atoms with Crippen LogP contribution in [0.3, 0.4) is 0 Å². The molecule has 2 aromatic rings. The molecule has 152 valence electrons. The Morgan fingerprint density at radius 3 is 2.45 bits per heavy atom. The Hall–Kier alpha value is -3.16. The van der Waals surface area contributed by atoms with E-state index in [-0.39, 0.29) is 17.7 Å². The van der Waals surface area contributed by atoms with Crippen molar-refractivity contribution < 1.29 is 24.0 Å². The van der Waals surface area contributed by atoms with E-state index in [1.54, 1.807) is 29.2 Å². The summed E-state index contributed by atoms with van der Waals surface area (Å²) in [6.07, 6.45) is 4.62. The van der Waals surface area contributed by atoms with E-state index in [2.05, 4.69) is 10.5 Å². The lowest BCUT2D eigenvalue weighted by Crippen LogP contribution is -2.40. The molecule has 0 unspecified atom stereocenters. The Morgan fingerprint density at radius 2 is 1.76 bits per heavy atom. The van der Waals surface area contributed by atoms with Gasteiger partial charge in [-0.15, -0.1) is 0 Å². The van der Waals surface area contributed by atoms with Crippen LogP contribution in [-0.2, 0) is 17.6 Å². The summed E-state index contributed by atoms with van der Waals surface area (Å²) in [6, 6.07) is 6.70. The normalized spacial score (nSPS) is 16.9. The summed E-state index contributed by atoms with van der Waals surface area (Å²) >= 11 is 0. The Morgan fingerprint density at radius 1 is 1.07 bits per heavy atom. The number of hydrogen-bond donors (Lipinski definition) is 2. The van der Waals surface area contributed by atoms with Crippen LogP contribution in [0.4, 0.5) is 5.69 Å². The molecule has 2 heterocycles. The minimum absolute atomic E-state index is 0.128. The van der Waals surface area contributed by atoms with Crippen LogP contribution in [0.25, 0.3) is 0 Å². The Labute approximate surface area is 167 Å². The summed E-state index contributed by atoms with van der Waals surface area (Å²) in [4.78, 5) is 37.9. The van der Waals surface area contributed by atoms with Gasteiger partial charge in [-0.3, -0.25) is 14.4 Å². The third-order valence-corrected chi connectivity index (χ3v) is 5.69. The number of piperidine rings is 1. The molecule has 1 aliphatic carbocycles. The van der Waals surface area contributed by atoms with E-state index in [1.807, 2.05) is 0 Å². The summed E-state index contributed by atoms with van der Waals surface area (Å²) < 4.78 is 5.29. The molecule has 2 aliphatic rings. The molecule has 8 nitrogen and oxygen atoms in total. The van der Waals surface area contributed by atoms with Gasteiger partial charge in [0.2, 0.25) is 0 Å². The molecule has 0 spiro atoms. The molecule has 0 saturated carbocycles. The minimum atomic E-state index is -0.800. The topological polar surface area (TPSA) is 113 Å². The highest BCUT2D eigenvalue weighted by Crippen LogP contribution is 2.25. The average molecular weight is 397 g/mol. The molecule has 4 rings (SSSR count). The van der Waals surface area contributed by atoms with Crippen LogP contribution in [-0.4, -0.2) is 46.0 Å². The summed E-state index contributed by atoms with van der Waals surface area (Å²) in [7, 11) is 0. The number of carboxylic acid groups (broad SMARTS) is 1. The van der Waals surface area contributed by atoms with Gasteiger partial charge >= 0.3 is 5.97 Å². The molecular formula is C21H23N3O5. The number of nitrogens with zero attached hydrogens (tertiary/aromatic N) is 2. The Bertz CT molecular complexity index is 926. The molecule has 0 bridgehead atoms. The smallest absolute Gasteiger partial charge is 0.306 e. The molecule has 1 aromatic carbocycles. The number of aryl methyl sites for hydroxylation is 1. The van der Waals surface area contributed by atoms with Gasteiger partial charge in [0.25, 0.3) is 11.8 Å². The van der Waals surface area contributed by atoms with E-state index in [0.29, 0.717) is 42.9 Å². The molecule has 1 saturated heterocycles. The lowest BCUT2D eigenvalue weighted by molar-refractivity contribution is -0.143. The van der Waals surface area contributed by atoms with E-state index in [4.69, 9.17) is 9.63 Å². The molecule has 1 fully saturated rings. The van der Waals surface area contributed by atoms with Crippen molar-refractivity contribution >= 4 is 23.5 Å². The Balaban J connectivity index is 1.38. The first-order valence-electron chi connectivity index (χ1n) is 9.94. The molecular weight excluding hydrogens is 374 g/mol. The fourth-order valence-electron chi connectivity index (χ4n) is 3.96. The second-order valence-electron chi connectivity index (χ2n) is 7.58. The summed E-state index contributed by atoms with van der Waals surface area (Å²) in [5.74, 6) is -0.817. The zero-order valence-electron chi connectivity index (χ0n) is 16.0. The SMILES string of the molecule is O=C(Nc1ccc(C(=O)N2CCC(C(=O)O)CC2)cc1)c1noc2c1CCCC2. The van der Waals surface area contributed by atoms with Crippen LogP contribution in [0.2, 0.25) is 0 Å². The summed E-state index contributed by atoms with van der Waals surface area (Å²) in [6.45, 7) is 0.872. The maximum Gasteiger partial charge on any atom is 0.306 e. The second-order valence-corrected chi connectivity index (χ2v) is 7.58. The van der Waals surface area contributed by atoms with E-state index in [9.17, 15) is 14.4 Å². The van der Waals surface area contributed by atoms with Crippen molar-refractivity contribution in [3.63, 3.8) is 0 Å². The van der Waals surface area contributed by atoms with E-state index >= 15 is 0 Å². The zero-order valence-corrected chi connectivity index (χ0v) is 16.0. The number of hydrogen-bond acceptors (Lipinski definition) is 5. The lowest BCUT2D eigenvalue weighted by atomic mass is 9.96. The summed E-state index contributed by atoms with van der Waals surface area (Å²) in [5.41, 5.74) is 2.31. The van der Waals surface area contributed by atoms with Gasteiger partial charge in [0.15, 0.2) is 5.69 Å². The van der Waals surface area contributed by atoms with Crippen molar-refractivity contribution in [2.24, 2.45) is 5.92 Å². The van der Waals surface area contributed by atoms with Gasteiger partial charge in [-0.1, -0.05) is 5.16 Å². The zero-order chi connectivity index (χ0) is 20.4. The number of benzene rings is 1. The van der Waals surface area contributed by atoms with Gasteiger partial charge in [0.05, 0.1) is 5.92 Å². The maximum absolute atomic E-state index is 12.6. The number of carbonyl (C=O) groups is 3. The number of carboxylic acids is 1. The quantitative estimate of drug-likeness (QED) is 0.820. The van der Waals surface area contributed by atoms with Gasteiger partial charge in [-0.05, 0) is 56.4 Å². The van der Waals surface area contributed by atoms with Crippen LogP contribution in [0.5, 0.6) is 0 Å². The molecule has 1 aliphatic heterocycles. The third kappa shape index (κ3) is 4.01. The van der Waals surface area contributed by atoms with Gasteiger partial charge in [-0.2, -0.15) is 0 Å². The standard InChI is InChI=1S/C21H23N3O5/c25-19(18-16-3-1-2-4-17(16)29-23-18)22-15-7-5-13(6-8-15)20(26)24-11-9-14(10-12-24)21(27)28/h5-8,14H,1-4,9-12H2,(H,22,25)(H,27,28). The molecule has 29 heavy (non-hydrogen) atoms. The molecule has 8 heteroatoms. The molecule has 2 N–H and O–H groups in total. The first-order valence-corrected chi connectivity index (χ1v) is 9.94. The second kappa shape index (κ2) is 8.06. The van der Waals surface area contributed by atoms with Crippen LogP contribution < -0.4 is 5.32 Å². The van der Waals surface area contributed by atoms with E-state index < -0.39 is 5.97 Å². The van der Waals surface area contributed by atoms with Crippen molar-refractivity contribution in [1.29, 1.82) is 0 Å². The largest absolute Gasteiger partial charge is 0.481 e. The highest BCUT2D eigenvalue weighted by Gasteiger charge is 2.28. The number of aromatic nitrogens is 1. The summed E-state index contributed by atoms with van der Waals surface area (Å²) in [5, 5.41) is 15.8. The number of fused-ring (bicyclic) bond motifs is 1. The van der Waals surface area contributed by atoms with E-state index in [0.717, 1.165) is 37.0 Å². The number of rotatable bonds is 4. The minimum Gasteiger partial charge on any atom is -0.481 e. The third-order valence-electron chi connectivity index (χ3n) is 5.69. The first-order chi connectivity index (χ1) is 14.0. The first kappa shape index (κ1) is 19.2. The number of carbonyl (C=O) groups excluding carboxylic acids is 2. The number of aliphatic carboxylic acids is 1. The van der Waals surface area contributed by atoms with Crippen LogP contribution in [0.15, 0.2) is 28.8 Å². The van der Waals surface area contributed by atoms with Crippen molar-refractivity contribution in [2.45, 2.75) is 38.5 Å². The number of anilines is 1. The van der Waals surface area contributed by atoms with Gasteiger partial charge < -0.3 is 19.8 Å². The fraction of sp³-hybridized carbons (Fsp3) is 0.429. The predicted octanol–water partition coefficient (Wildman–Crippen LogP) is 2.74. The van der Waals surface area contributed by atoms with Crippen LogP contribution in [0.1, 0.15) is 57.9 Å². The fourth-order valence-corrected chi connectivity index (χ4v) is 3.96. The van der Waals surface area contributed by atoms with Gasteiger partial charge in [-0.25, -0.2) is 0 Å². The van der Waals surface area contributed by atoms with Crippen LogP contribution in [0, 0.1) is 5.92 Å². The predicted molar refractivity (Wildman–Crippen MR) is 104 cm³/mol. The van der Waals surface area contributed by atoms with E-state index in [1.165, 1.54) is 0 Å². The average Bonchev–Trinajstić information content (AvgIpc) is 3.18. The number of amides is 2. The monoisotopic (exact) mass is 397 g/mol. The van der Waals surface area contributed by atoms with Crippen molar-refractivity contribution in [1.82, 2.24) is 10.1 Å². The van der Waals surface area contributed by atoms with Crippen molar-refractivity contribution in [3.8, 4) is 0 Å². The van der Waals surface area contributed by atoms with Crippen molar-refractivity contribution in [3.05, 3.63) is 46.8 Å². The molecule has 2 amide bonds. The highest BCUT2D eigenvalue weighted by atomic mass is 16.5. The lowest BCUT2D eigenvalue weighted by Gasteiger charge is -2.30.